The van der Waals surface area contributed by atoms with Gasteiger partial charge in [-0.2, -0.15) is 0 Å². The third kappa shape index (κ3) is 4.10. The summed E-state index contributed by atoms with van der Waals surface area (Å²) >= 11 is 0. The van der Waals surface area contributed by atoms with Gasteiger partial charge in [-0.3, -0.25) is 0 Å². The van der Waals surface area contributed by atoms with Crippen molar-refractivity contribution in [3.63, 3.8) is 0 Å². The summed E-state index contributed by atoms with van der Waals surface area (Å²) in [5.41, 5.74) is -0.577. The van der Waals surface area contributed by atoms with Crippen LogP contribution in [0.5, 0.6) is 0 Å². The standard InChI is InChI=1S/C11H23NO/c1-9(10-6-4-5-7-10)12-8-11(2,3)13/h9-10,12-13H,4-8H2,1-3H3/t9-/m1/s1. The highest BCUT2D eigenvalue weighted by atomic mass is 16.3. The molecule has 0 aromatic rings. The smallest absolute Gasteiger partial charge is 0.0715 e. The van der Waals surface area contributed by atoms with Crippen LogP contribution in [0, 0.1) is 5.92 Å². The molecule has 13 heavy (non-hydrogen) atoms. The lowest BCUT2D eigenvalue weighted by Gasteiger charge is -2.25. The molecule has 0 aromatic heterocycles. The first kappa shape index (κ1) is 11.0. The van der Waals surface area contributed by atoms with Gasteiger partial charge in [0.1, 0.15) is 0 Å². The molecule has 0 aliphatic heterocycles. The van der Waals surface area contributed by atoms with Gasteiger partial charge in [0, 0.05) is 12.6 Å². The van der Waals surface area contributed by atoms with Crippen molar-refractivity contribution in [2.24, 2.45) is 5.92 Å². The molecule has 1 fully saturated rings. The lowest BCUT2D eigenvalue weighted by molar-refractivity contribution is 0.0745. The fourth-order valence-electron chi connectivity index (χ4n) is 2.03. The van der Waals surface area contributed by atoms with Crippen LogP contribution in [0.4, 0.5) is 0 Å². The fourth-order valence-corrected chi connectivity index (χ4v) is 2.03. The maximum absolute atomic E-state index is 9.55. The first-order valence-electron chi connectivity index (χ1n) is 5.45. The molecule has 1 aliphatic carbocycles. The van der Waals surface area contributed by atoms with Crippen LogP contribution in [0.1, 0.15) is 46.5 Å². The van der Waals surface area contributed by atoms with E-state index < -0.39 is 5.60 Å². The van der Waals surface area contributed by atoms with E-state index in [1.54, 1.807) is 0 Å². The van der Waals surface area contributed by atoms with Crippen molar-refractivity contribution >= 4 is 0 Å². The zero-order valence-corrected chi connectivity index (χ0v) is 9.14. The Morgan fingerprint density at radius 1 is 1.38 bits per heavy atom. The molecular formula is C11H23NO. The largest absolute Gasteiger partial charge is 0.389 e. The van der Waals surface area contributed by atoms with Gasteiger partial charge in [0.15, 0.2) is 0 Å². The van der Waals surface area contributed by atoms with Crippen molar-refractivity contribution in [3.05, 3.63) is 0 Å². The Bertz CT molecular complexity index is 145. The second-order valence-electron chi connectivity index (χ2n) is 5.03. The molecule has 1 saturated carbocycles. The molecule has 78 valence electrons. The SMILES string of the molecule is C[C@@H](NCC(C)(C)O)C1CCCC1. The first-order valence-corrected chi connectivity index (χ1v) is 5.45. The zero-order valence-electron chi connectivity index (χ0n) is 9.14. The van der Waals surface area contributed by atoms with Crippen LogP contribution >= 0.6 is 0 Å². The van der Waals surface area contributed by atoms with Gasteiger partial charge in [0.25, 0.3) is 0 Å². The fraction of sp³-hybridized carbons (Fsp3) is 1.00. The molecule has 1 atom stereocenters. The summed E-state index contributed by atoms with van der Waals surface area (Å²) in [6.07, 6.45) is 5.50. The van der Waals surface area contributed by atoms with Gasteiger partial charge in [-0.15, -0.1) is 0 Å². The predicted molar refractivity (Wildman–Crippen MR) is 55.7 cm³/mol. The van der Waals surface area contributed by atoms with E-state index >= 15 is 0 Å². The van der Waals surface area contributed by atoms with E-state index in [9.17, 15) is 5.11 Å². The van der Waals surface area contributed by atoms with Gasteiger partial charge in [0.05, 0.1) is 5.60 Å². The molecule has 0 unspecified atom stereocenters. The van der Waals surface area contributed by atoms with Crippen molar-refractivity contribution < 1.29 is 5.11 Å². The molecule has 2 heteroatoms. The molecule has 2 N–H and O–H groups in total. The van der Waals surface area contributed by atoms with Gasteiger partial charge in [-0.1, -0.05) is 12.8 Å². The Morgan fingerprint density at radius 3 is 2.38 bits per heavy atom. The normalized spacial score (nSPS) is 22.2. The lowest BCUT2D eigenvalue weighted by atomic mass is 9.99. The van der Waals surface area contributed by atoms with E-state index in [2.05, 4.69) is 12.2 Å². The Labute approximate surface area is 81.7 Å². The summed E-state index contributed by atoms with van der Waals surface area (Å²) in [6.45, 7) is 6.63. The number of rotatable bonds is 4. The molecule has 0 aromatic carbocycles. The Hall–Kier alpha value is -0.0800. The predicted octanol–water partition coefficient (Wildman–Crippen LogP) is 1.93. The molecular weight excluding hydrogens is 162 g/mol. The summed E-state index contributed by atoms with van der Waals surface area (Å²) in [5.74, 6) is 0.836. The molecule has 0 amide bonds. The van der Waals surface area contributed by atoms with Gasteiger partial charge < -0.3 is 10.4 Å². The number of nitrogens with one attached hydrogen (secondary N) is 1. The summed E-state index contributed by atoms with van der Waals surface area (Å²) in [6, 6.07) is 0.564. The Morgan fingerprint density at radius 2 is 1.92 bits per heavy atom. The third-order valence-electron chi connectivity index (χ3n) is 2.96. The van der Waals surface area contributed by atoms with Gasteiger partial charge in [-0.25, -0.2) is 0 Å². The van der Waals surface area contributed by atoms with E-state index in [-0.39, 0.29) is 0 Å². The van der Waals surface area contributed by atoms with Crippen molar-refractivity contribution in [2.75, 3.05) is 6.54 Å². The average Bonchev–Trinajstić information content (AvgIpc) is 2.50. The van der Waals surface area contributed by atoms with Crippen molar-refractivity contribution in [3.8, 4) is 0 Å². The minimum atomic E-state index is -0.577. The second-order valence-corrected chi connectivity index (χ2v) is 5.03. The number of hydrogen-bond acceptors (Lipinski definition) is 2. The van der Waals surface area contributed by atoms with Crippen molar-refractivity contribution in [1.29, 1.82) is 0 Å². The first-order chi connectivity index (χ1) is 5.99. The van der Waals surface area contributed by atoms with Crippen LogP contribution in [0.15, 0.2) is 0 Å². The van der Waals surface area contributed by atoms with Crippen LogP contribution < -0.4 is 5.32 Å². The lowest BCUT2D eigenvalue weighted by Crippen LogP contribution is -2.42. The number of hydrogen-bond donors (Lipinski definition) is 2. The Balaban J connectivity index is 2.20. The summed E-state index contributed by atoms with van der Waals surface area (Å²) < 4.78 is 0. The molecule has 0 bridgehead atoms. The molecule has 0 radical (unpaired) electrons. The highest BCUT2D eigenvalue weighted by Crippen LogP contribution is 2.27. The van der Waals surface area contributed by atoms with Crippen molar-refractivity contribution in [2.45, 2.75) is 58.1 Å². The van der Waals surface area contributed by atoms with Crippen LogP contribution in [0.25, 0.3) is 0 Å². The van der Waals surface area contributed by atoms with E-state index in [1.807, 2.05) is 13.8 Å². The topological polar surface area (TPSA) is 32.3 Å². The molecule has 2 nitrogen and oxygen atoms in total. The minimum absolute atomic E-state index is 0.564. The average molecular weight is 185 g/mol. The van der Waals surface area contributed by atoms with Gasteiger partial charge >= 0.3 is 0 Å². The second kappa shape index (κ2) is 4.43. The van der Waals surface area contributed by atoms with Gasteiger partial charge in [0.2, 0.25) is 0 Å². The molecule has 0 spiro atoms. The quantitative estimate of drug-likeness (QED) is 0.701. The maximum atomic E-state index is 9.55. The van der Waals surface area contributed by atoms with Crippen LogP contribution in [-0.4, -0.2) is 23.3 Å². The third-order valence-corrected chi connectivity index (χ3v) is 2.96. The van der Waals surface area contributed by atoms with E-state index in [1.165, 1.54) is 25.7 Å². The molecule has 0 saturated heterocycles. The zero-order chi connectivity index (χ0) is 9.90. The van der Waals surface area contributed by atoms with E-state index in [0.717, 1.165) is 5.92 Å². The highest BCUT2D eigenvalue weighted by molar-refractivity contribution is 4.79. The highest BCUT2D eigenvalue weighted by Gasteiger charge is 2.22. The van der Waals surface area contributed by atoms with Crippen LogP contribution in [-0.2, 0) is 0 Å². The number of aliphatic hydroxyl groups is 1. The van der Waals surface area contributed by atoms with E-state index in [0.29, 0.717) is 12.6 Å². The minimum Gasteiger partial charge on any atom is -0.389 e. The molecule has 0 heterocycles. The summed E-state index contributed by atoms with van der Waals surface area (Å²) in [7, 11) is 0. The monoisotopic (exact) mass is 185 g/mol. The summed E-state index contributed by atoms with van der Waals surface area (Å²) in [5, 5.41) is 13.0. The van der Waals surface area contributed by atoms with E-state index in [4.69, 9.17) is 0 Å². The van der Waals surface area contributed by atoms with Crippen LogP contribution in [0.3, 0.4) is 0 Å². The Kier molecular flexibility index (Phi) is 3.74. The van der Waals surface area contributed by atoms with Crippen molar-refractivity contribution in [1.82, 2.24) is 5.32 Å². The molecule has 1 rings (SSSR count). The maximum Gasteiger partial charge on any atom is 0.0715 e. The van der Waals surface area contributed by atoms with Crippen LogP contribution in [0.2, 0.25) is 0 Å². The van der Waals surface area contributed by atoms with Gasteiger partial charge in [-0.05, 0) is 39.5 Å². The summed E-state index contributed by atoms with van der Waals surface area (Å²) in [4.78, 5) is 0. The molecule has 1 aliphatic rings.